The first-order valence-corrected chi connectivity index (χ1v) is 8.22. The molecule has 2 fully saturated rings. The van der Waals surface area contributed by atoms with Crippen molar-refractivity contribution in [3.63, 3.8) is 0 Å². The number of carbonyl (C=O) groups excluding carboxylic acids is 1. The summed E-state index contributed by atoms with van der Waals surface area (Å²) in [5, 5.41) is 0. The fraction of sp³-hybridized carbons (Fsp3) is 0.933. The third-order valence-electron chi connectivity index (χ3n) is 4.16. The van der Waals surface area contributed by atoms with E-state index in [9.17, 15) is 4.79 Å². The number of piperidine rings is 1. The Kier molecular flexibility index (Phi) is 5.19. The first-order chi connectivity index (χ1) is 9.40. The van der Waals surface area contributed by atoms with Gasteiger partial charge in [0.2, 0.25) is 0 Å². The van der Waals surface area contributed by atoms with Crippen molar-refractivity contribution >= 4 is 17.7 Å². The molecule has 0 N–H and O–H groups in total. The van der Waals surface area contributed by atoms with Crippen LogP contribution in [0.1, 0.15) is 40.0 Å². The molecule has 0 spiro atoms. The Balaban J connectivity index is 1.87. The summed E-state index contributed by atoms with van der Waals surface area (Å²) in [4.78, 5) is 16.7. The van der Waals surface area contributed by atoms with Crippen molar-refractivity contribution in [3.05, 3.63) is 0 Å². The van der Waals surface area contributed by atoms with Crippen molar-refractivity contribution in [1.29, 1.82) is 0 Å². The molecule has 0 bridgehead atoms. The molecule has 20 heavy (non-hydrogen) atoms. The van der Waals surface area contributed by atoms with Crippen LogP contribution < -0.4 is 0 Å². The summed E-state index contributed by atoms with van der Waals surface area (Å²) in [5.74, 6) is 1.33. The van der Waals surface area contributed by atoms with Gasteiger partial charge in [-0.25, -0.2) is 4.79 Å². The van der Waals surface area contributed by atoms with Crippen LogP contribution in [0, 0.1) is 5.92 Å². The van der Waals surface area contributed by atoms with Gasteiger partial charge in [0.25, 0.3) is 0 Å². The normalized spacial score (nSPS) is 27.5. The van der Waals surface area contributed by atoms with Gasteiger partial charge in [-0.3, -0.25) is 0 Å². The summed E-state index contributed by atoms with van der Waals surface area (Å²) in [6, 6.07) is 0.372. The molecule has 2 aliphatic rings. The maximum atomic E-state index is 12.2. The van der Waals surface area contributed by atoms with Gasteiger partial charge in [0.15, 0.2) is 0 Å². The highest BCUT2D eigenvalue weighted by Crippen LogP contribution is 2.32. The molecule has 2 heterocycles. The SMILES string of the molecule is CC(C)(C)OC(=O)N1CCC2CN(CCCCl)CCC21. The lowest BCUT2D eigenvalue weighted by Gasteiger charge is -2.38. The number of rotatable bonds is 3. The third-order valence-corrected chi connectivity index (χ3v) is 4.42. The summed E-state index contributed by atoms with van der Waals surface area (Å²) in [5.41, 5.74) is -0.407. The second-order valence-corrected chi connectivity index (χ2v) is 7.30. The Bertz CT molecular complexity index is 343. The highest BCUT2D eigenvalue weighted by atomic mass is 35.5. The predicted molar refractivity (Wildman–Crippen MR) is 81.2 cm³/mol. The fourth-order valence-corrected chi connectivity index (χ4v) is 3.41. The van der Waals surface area contributed by atoms with Gasteiger partial charge < -0.3 is 14.5 Å². The summed E-state index contributed by atoms with van der Waals surface area (Å²) in [6.45, 7) is 9.86. The van der Waals surface area contributed by atoms with Gasteiger partial charge in [-0.15, -0.1) is 11.6 Å². The lowest BCUT2D eigenvalue weighted by atomic mass is 9.93. The van der Waals surface area contributed by atoms with Crippen LogP contribution in [0.15, 0.2) is 0 Å². The van der Waals surface area contributed by atoms with Crippen molar-refractivity contribution in [2.45, 2.75) is 51.7 Å². The van der Waals surface area contributed by atoms with Gasteiger partial charge >= 0.3 is 6.09 Å². The molecule has 0 saturated carbocycles. The lowest BCUT2D eigenvalue weighted by molar-refractivity contribution is 0.0143. The average molecular weight is 303 g/mol. The Labute approximate surface area is 127 Å². The summed E-state index contributed by atoms with van der Waals surface area (Å²) >= 11 is 5.76. The van der Waals surface area contributed by atoms with Crippen LogP contribution in [0.25, 0.3) is 0 Å². The van der Waals surface area contributed by atoms with Crippen molar-refractivity contribution in [2.24, 2.45) is 5.92 Å². The molecule has 2 unspecified atom stereocenters. The Morgan fingerprint density at radius 3 is 2.70 bits per heavy atom. The van der Waals surface area contributed by atoms with Crippen LogP contribution in [0.4, 0.5) is 4.79 Å². The van der Waals surface area contributed by atoms with Gasteiger partial charge in [-0.2, -0.15) is 0 Å². The lowest BCUT2D eigenvalue weighted by Crippen LogP contribution is -2.48. The van der Waals surface area contributed by atoms with E-state index in [4.69, 9.17) is 16.3 Å². The number of carbonyl (C=O) groups is 1. The van der Waals surface area contributed by atoms with Crippen molar-refractivity contribution in [1.82, 2.24) is 9.80 Å². The monoisotopic (exact) mass is 302 g/mol. The fourth-order valence-electron chi connectivity index (χ4n) is 3.29. The zero-order chi connectivity index (χ0) is 14.8. The molecule has 2 saturated heterocycles. The minimum atomic E-state index is -0.407. The standard InChI is InChI=1S/C15H27ClN2O2/c1-15(2,3)20-14(19)18-10-5-12-11-17(8-4-7-16)9-6-13(12)18/h12-13H,4-11H2,1-3H3. The van der Waals surface area contributed by atoms with Crippen molar-refractivity contribution < 1.29 is 9.53 Å². The highest BCUT2D eigenvalue weighted by molar-refractivity contribution is 6.17. The number of fused-ring (bicyclic) bond motifs is 1. The van der Waals surface area contributed by atoms with Gasteiger partial charge in [-0.05, 0) is 52.5 Å². The molecule has 4 nitrogen and oxygen atoms in total. The second-order valence-electron chi connectivity index (χ2n) is 6.92. The quantitative estimate of drug-likeness (QED) is 0.752. The maximum Gasteiger partial charge on any atom is 0.410 e. The van der Waals surface area contributed by atoms with E-state index in [0.717, 1.165) is 51.3 Å². The van der Waals surface area contributed by atoms with Crippen LogP contribution in [0.2, 0.25) is 0 Å². The van der Waals surface area contributed by atoms with E-state index < -0.39 is 5.60 Å². The topological polar surface area (TPSA) is 32.8 Å². The van der Waals surface area contributed by atoms with Gasteiger partial charge in [0.1, 0.15) is 5.60 Å². The number of nitrogens with zero attached hydrogens (tertiary/aromatic N) is 2. The number of likely N-dealkylation sites (tertiary alicyclic amines) is 2. The molecule has 0 aromatic rings. The maximum absolute atomic E-state index is 12.2. The first kappa shape index (κ1) is 15.9. The summed E-state index contributed by atoms with van der Waals surface area (Å²) < 4.78 is 5.52. The van der Waals surface area contributed by atoms with Gasteiger partial charge in [0, 0.05) is 31.6 Å². The molecule has 5 heteroatoms. The number of hydrogen-bond donors (Lipinski definition) is 0. The van der Waals surface area contributed by atoms with Crippen LogP contribution in [-0.4, -0.2) is 59.6 Å². The first-order valence-electron chi connectivity index (χ1n) is 7.68. The van der Waals surface area contributed by atoms with E-state index >= 15 is 0 Å². The van der Waals surface area contributed by atoms with Crippen molar-refractivity contribution in [3.8, 4) is 0 Å². The third kappa shape index (κ3) is 4.01. The second kappa shape index (κ2) is 6.52. The van der Waals surface area contributed by atoms with Crippen molar-refractivity contribution in [2.75, 3.05) is 32.1 Å². The molecule has 0 aliphatic carbocycles. The average Bonchev–Trinajstić information content (AvgIpc) is 2.77. The Hall–Kier alpha value is -0.480. The van der Waals surface area contributed by atoms with E-state index in [0.29, 0.717) is 12.0 Å². The van der Waals surface area contributed by atoms with Crippen LogP contribution in [-0.2, 0) is 4.74 Å². The van der Waals surface area contributed by atoms with E-state index in [2.05, 4.69) is 4.90 Å². The molecule has 0 aromatic heterocycles. The molecule has 0 aromatic carbocycles. The molecule has 116 valence electrons. The Morgan fingerprint density at radius 2 is 2.05 bits per heavy atom. The predicted octanol–water partition coefficient (Wildman–Crippen LogP) is 2.95. The minimum Gasteiger partial charge on any atom is -0.444 e. The number of amides is 1. The van der Waals surface area contributed by atoms with E-state index in [-0.39, 0.29) is 6.09 Å². The summed E-state index contributed by atoms with van der Waals surface area (Å²) in [7, 11) is 0. The molecular weight excluding hydrogens is 276 g/mol. The van der Waals surface area contributed by atoms with Crippen LogP contribution in [0.5, 0.6) is 0 Å². The van der Waals surface area contributed by atoms with Gasteiger partial charge in [-0.1, -0.05) is 0 Å². The van der Waals surface area contributed by atoms with Crippen LogP contribution >= 0.6 is 11.6 Å². The Morgan fingerprint density at radius 1 is 1.30 bits per heavy atom. The largest absolute Gasteiger partial charge is 0.444 e. The summed E-state index contributed by atoms with van der Waals surface area (Å²) in [6.07, 6.45) is 3.07. The number of hydrogen-bond acceptors (Lipinski definition) is 3. The molecule has 2 atom stereocenters. The molecule has 0 radical (unpaired) electrons. The minimum absolute atomic E-state index is 0.140. The zero-order valence-corrected chi connectivity index (χ0v) is 13.7. The number of ether oxygens (including phenoxy) is 1. The molecule has 1 amide bonds. The molecule has 2 rings (SSSR count). The highest BCUT2D eigenvalue weighted by Gasteiger charge is 2.41. The van der Waals surface area contributed by atoms with E-state index in [1.807, 2.05) is 25.7 Å². The zero-order valence-electron chi connectivity index (χ0n) is 12.9. The number of alkyl halides is 1. The van der Waals surface area contributed by atoms with Gasteiger partial charge in [0.05, 0.1) is 0 Å². The number of halogens is 1. The van der Waals surface area contributed by atoms with Crippen LogP contribution in [0.3, 0.4) is 0 Å². The molecular formula is C15H27ClN2O2. The molecule has 2 aliphatic heterocycles. The smallest absolute Gasteiger partial charge is 0.410 e. The van der Waals surface area contributed by atoms with E-state index in [1.54, 1.807) is 0 Å². The van der Waals surface area contributed by atoms with E-state index in [1.165, 1.54) is 0 Å².